The van der Waals surface area contributed by atoms with Crippen molar-refractivity contribution in [2.45, 2.75) is 6.54 Å². The Bertz CT molecular complexity index is 1430. The highest BCUT2D eigenvalue weighted by Crippen LogP contribution is 2.23. The van der Waals surface area contributed by atoms with Gasteiger partial charge in [-0.15, -0.1) is 0 Å². The molecule has 2 aromatic heterocycles. The zero-order valence-electron chi connectivity index (χ0n) is 16.6. The van der Waals surface area contributed by atoms with E-state index in [-0.39, 0.29) is 27.6 Å². The monoisotopic (exact) mass is 455 g/mol. The first kappa shape index (κ1) is 20.8. The maximum absolute atomic E-state index is 12.9. The van der Waals surface area contributed by atoms with E-state index in [0.717, 1.165) is 22.6 Å². The van der Waals surface area contributed by atoms with Crippen molar-refractivity contribution in [3.8, 4) is 5.75 Å². The lowest BCUT2D eigenvalue weighted by Gasteiger charge is -2.07. The molecule has 2 N–H and O–H groups in total. The van der Waals surface area contributed by atoms with E-state index in [9.17, 15) is 14.4 Å². The number of fused-ring (bicyclic) bond motifs is 3. The summed E-state index contributed by atoms with van der Waals surface area (Å²) in [5.41, 5.74) is 1.49. The Balaban J connectivity index is 1.74. The average molecular weight is 456 g/mol. The van der Waals surface area contributed by atoms with E-state index in [1.807, 2.05) is 24.3 Å². The molecule has 10 heteroatoms. The Morgan fingerprint density at radius 1 is 1.16 bits per heavy atom. The van der Waals surface area contributed by atoms with Gasteiger partial charge in [-0.3, -0.25) is 14.0 Å². The molecule has 0 aliphatic carbocycles. The summed E-state index contributed by atoms with van der Waals surface area (Å²) in [7, 11) is 2.86. The molecule has 0 spiro atoms. The number of carbonyl (C=O) groups is 2. The maximum atomic E-state index is 12.9. The topological polar surface area (TPSA) is 102 Å². The van der Waals surface area contributed by atoms with E-state index in [2.05, 4.69) is 10.3 Å². The van der Waals surface area contributed by atoms with E-state index in [0.29, 0.717) is 21.4 Å². The standard InChI is InChI=1S/C21H17N3O5S2/c1-28-13-6-3-11(4-7-13)10-22-19(26)16-17-23-18(25)14-8-5-12(20(27)29-2)9-15(14)24(17)21(30)31-16/h3-9H,10H2,1-2H3,(H,22,26)(H,23,25). The van der Waals surface area contributed by atoms with Crippen molar-refractivity contribution in [1.29, 1.82) is 0 Å². The molecule has 1 amide bonds. The summed E-state index contributed by atoms with van der Waals surface area (Å²) in [5.74, 6) is -0.176. The molecule has 158 valence electrons. The second kappa shape index (κ2) is 8.32. The van der Waals surface area contributed by atoms with Crippen LogP contribution in [0, 0.1) is 3.95 Å². The Labute approximate surface area is 185 Å². The van der Waals surface area contributed by atoms with E-state index in [1.165, 1.54) is 25.3 Å². The highest BCUT2D eigenvalue weighted by atomic mass is 32.1. The Morgan fingerprint density at radius 3 is 2.58 bits per heavy atom. The van der Waals surface area contributed by atoms with Gasteiger partial charge in [0.05, 0.1) is 30.7 Å². The van der Waals surface area contributed by atoms with Crippen LogP contribution < -0.4 is 15.6 Å². The normalized spacial score (nSPS) is 10.9. The number of carbonyl (C=O) groups excluding carboxylic acids is 2. The van der Waals surface area contributed by atoms with E-state index >= 15 is 0 Å². The highest BCUT2D eigenvalue weighted by Gasteiger charge is 2.19. The van der Waals surface area contributed by atoms with Crippen molar-refractivity contribution in [3.05, 3.63) is 72.8 Å². The number of benzene rings is 2. The molecule has 4 aromatic rings. The number of nitrogens with one attached hydrogen (secondary N) is 2. The summed E-state index contributed by atoms with van der Waals surface area (Å²) in [6.45, 7) is 0.296. The van der Waals surface area contributed by atoms with Gasteiger partial charge in [0, 0.05) is 6.54 Å². The van der Waals surface area contributed by atoms with Gasteiger partial charge in [0.2, 0.25) is 0 Å². The SMILES string of the molecule is COC(=O)c1ccc2c(=O)[nH]c3c(C(=O)NCc4ccc(OC)cc4)sc(=S)n3c2c1. The number of hydrogen-bond donors (Lipinski definition) is 2. The Kier molecular flexibility index (Phi) is 5.57. The number of hydrogen-bond acceptors (Lipinski definition) is 7. The molecule has 0 saturated carbocycles. The molecular formula is C21H17N3O5S2. The van der Waals surface area contributed by atoms with Crippen molar-refractivity contribution in [2.24, 2.45) is 0 Å². The number of rotatable bonds is 5. The summed E-state index contributed by atoms with van der Waals surface area (Å²) in [4.78, 5) is 40.4. The molecule has 0 atom stereocenters. The minimum Gasteiger partial charge on any atom is -0.497 e. The third-order valence-electron chi connectivity index (χ3n) is 4.77. The predicted molar refractivity (Wildman–Crippen MR) is 120 cm³/mol. The minimum absolute atomic E-state index is 0.278. The maximum Gasteiger partial charge on any atom is 0.337 e. The summed E-state index contributed by atoms with van der Waals surface area (Å²) >= 11 is 6.54. The number of ether oxygens (including phenoxy) is 2. The van der Waals surface area contributed by atoms with Crippen LogP contribution in [0.2, 0.25) is 0 Å². The third-order valence-corrected chi connectivity index (χ3v) is 6.14. The second-order valence-corrected chi connectivity index (χ2v) is 8.23. The number of amides is 1. The zero-order valence-corrected chi connectivity index (χ0v) is 18.2. The first-order valence-corrected chi connectivity index (χ1v) is 10.4. The number of aromatic nitrogens is 2. The smallest absolute Gasteiger partial charge is 0.337 e. The quantitative estimate of drug-likeness (QED) is 0.354. The number of esters is 1. The number of thiazole rings is 1. The van der Waals surface area contributed by atoms with Gasteiger partial charge in [0.1, 0.15) is 16.3 Å². The molecule has 0 fully saturated rings. The minimum atomic E-state index is -0.533. The van der Waals surface area contributed by atoms with Crippen LogP contribution in [0.5, 0.6) is 5.75 Å². The van der Waals surface area contributed by atoms with Crippen LogP contribution in [0.15, 0.2) is 47.3 Å². The predicted octanol–water partition coefficient (Wildman–Crippen LogP) is 3.30. The van der Waals surface area contributed by atoms with Crippen molar-refractivity contribution in [3.63, 3.8) is 0 Å². The average Bonchev–Trinajstić information content (AvgIpc) is 3.13. The summed E-state index contributed by atoms with van der Waals surface area (Å²) in [5, 5.41) is 3.19. The lowest BCUT2D eigenvalue weighted by molar-refractivity contribution is 0.0600. The highest BCUT2D eigenvalue weighted by molar-refractivity contribution is 7.73. The molecule has 0 bridgehead atoms. The fraction of sp³-hybridized carbons (Fsp3) is 0.143. The number of H-pyrrole nitrogens is 1. The van der Waals surface area contributed by atoms with Crippen LogP contribution in [0.1, 0.15) is 25.6 Å². The third kappa shape index (κ3) is 3.82. The van der Waals surface area contributed by atoms with Crippen molar-refractivity contribution < 1.29 is 19.1 Å². The van der Waals surface area contributed by atoms with Gasteiger partial charge in [-0.1, -0.05) is 23.5 Å². The van der Waals surface area contributed by atoms with Gasteiger partial charge in [0.25, 0.3) is 11.5 Å². The summed E-state index contributed by atoms with van der Waals surface area (Å²) in [6.07, 6.45) is 0. The molecule has 2 heterocycles. The molecule has 31 heavy (non-hydrogen) atoms. The van der Waals surface area contributed by atoms with Crippen molar-refractivity contribution in [1.82, 2.24) is 14.7 Å². The number of nitrogens with zero attached hydrogens (tertiary/aromatic N) is 1. The lowest BCUT2D eigenvalue weighted by atomic mass is 10.1. The first-order valence-electron chi connectivity index (χ1n) is 9.14. The second-order valence-electron chi connectivity index (χ2n) is 6.59. The number of aromatic amines is 1. The summed E-state index contributed by atoms with van der Waals surface area (Å²) in [6, 6.07) is 11.9. The molecule has 2 aromatic carbocycles. The molecule has 0 aliphatic rings. The van der Waals surface area contributed by atoms with E-state index < -0.39 is 5.97 Å². The molecule has 4 rings (SSSR count). The van der Waals surface area contributed by atoms with Crippen LogP contribution in [0.25, 0.3) is 16.6 Å². The molecule has 0 unspecified atom stereocenters. The molecule has 0 aliphatic heterocycles. The van der Waals surface area contributed by atoms with Gasteiger partial charge in [0.15, 0.2) is 3.95 Å². The van der Waals surface area contributed by atoms with E-state index in [1.54, 1.807) is 11.5 Å². The van der Waals surface area contributed by atoms with Gasteiger partial charge in [-0.2, -0.15) is 0 Å². The van der Waals surface area contributed by atoms with Crippen LogP contribution in [-0.4, -0.2) is 35.5 Å². The van der Waals surface area contributed by atoms with Crippen molar-refractivity contribution >= 4 is 52.0 Å². The van der Waals surface area contributed by atoms with Crippen LogP contribution in [0.4, 0.5) is 0 Å². The fourth-order valence-corrected chi connectivity index (χ4v) is 4.49. The number of methoxy groups -OCH3 is 2. The largest absolute Gasteiger partial charge is 0.497 e. The van der Waals surface area contributed by atoms with Crippen LogP contribution >= 0.6 is 23.6 Å². The lowest BCUT2D eigenvalue weighted by Crippen LogP contribution is -2.23. The van der Waals surface area contributed by atoms with Crippen LogP contribution in [0.3, 0.4) is 0 Å². The van der Waals surface area contributed by atoms with E-state index in [4.69, 9.17) is 21.7 Å². The van der Waals surface area contributed by atoms with Gasteiger partial charge in [-0.05, 0) is 48.1 Å². The first-order chi connectivity index (χ1) is 14.9. The molecule has 0 radical (unpaired) electrons. The van der Waals surface area contributed by atoms with Gasteiger partial charge < -0.3 is 19.8 Å². The Morgan fingerprint density at radius 2 is 1.90 bits per heavy atom. The summed E-state index contributed by atoms with van der Waals surface area (Å²) < 4.78 is 11.8. The Hall–Kier alpha value is -3.50. The van der Waals surface area contributed by atoms with Crippen LogP contribution in [-0.2, 0) is 11.3 Å². The van der Waals surface area contributed by atoms with Gasteiger partial charge in [-0.25, -0.2) is 4.79 Å². The molecule has 8 nitrogen and oxygen atoms in total. The fourth-order valence-electron chi connectivity index (χ4n) is 3.19. The van der Waals surface area contributed by atoms with Crippen molar-refractivity contribution in [2.75, 3.05) is 14.2 Å². The zero-order chi connectivity index (χ0) is 22.1. The van der Waals surface area contributed by atoms with Gasteiger partial charge >= 0.3 is 5.97 Å². The molecule has 0 saturated heterocycles. The molecular weight excluding hydrogens is 438 g/mol.